The summed E-state index contributed by atoms with van der Waals surface area (Å²) in [6.45, 7) is 29.5. The van der Waals surface area contributed by atoms with Gasteiger partial charge in [-0.05, 0) is 95.3 Å². The Morgan fingerprint density at radius 2 is 0.940 bits per heavy atom. The van der Waals surface area contributed by atoms with Crippen LogP contribution in [0.3, 0.4) is 0 Å². The van der Waals surface area contributed by atoms with Crippen molar-refractivity contribution in [1.29, 1.82) is 0 Å². The Balaban J connectivity index is 6.98. The molecule has 0 aromatic carbocycles. The SMILES string of the molecule is C/C=C/C[C@@H](C)[C@H](O)C(C(=O)N[C@H](CC)C(=O)N(C)CC(=O)N(C)[C@H](C(N)=O)C(C)CC)N(C)C(=O)[C@H](C(C)C)N(C)C(=O)[C@@H](CC(C)C)N(C)C(=O)[C@@H](CC(C)C)N(C)C(=O)[C@H](C)NC(=O)[C@@H](C)NC(=O)[C@H](C)N(C)C(=O)[C@H](C)CC(C)C. The van der Waals surface area contributed by atoms with Gasteiger partial charge in [0.15, 0.2) is 0 Å². The highest BCUT2D eigenvalue weighted by atomic mass is 16.3. The monoisotopic (exact) mass is 1190 g/mol. The number of amides is 11. The quantitative estimate of drug-likeness (QED) is 0.0572. The van der Waals surface area contributed by atoms with Crippen molar-refractivity contribution in [3.05, 3.63) is 12.2 Å². The highest BCUT2D eigenvalue weighted by Crippen LogP contribution is 2.25. The second kappa shape index (κ2) is 36.0. The number of allylic oxidation sites excluding steroid dienone is 2. The molecule has 0 aliphatic carbocycles. The number of primary amides is 1. The fourth-order valence-corrected chi connectivity index (χ4v) is 10.4. The van der Waals surface area contributed by atoms with E-state index in [1.807, 2.05) is 48.5 Å². The number of carbonyl (C=O) groups is 11. The third kappa shape index (κ3) is 22.4. The zero-order valence-corrected chi connectivity index (χ0v) is 55.6. The summed E-state index contributed by atoms with van der Waals surface area (Å²) in [7, 11) is 10.0. The van der Waals surface area contributed by atoms with Gasteiger partial charge in [0, 0.05) is 55.3 Å². The van der Waals surface area contributed by atoms with Crippen LogP contribution in [0.2, 0.25) is 0 Å². The molecule has 2 unspecified atom stereocenters. The third-order valence-corrected chi connectivity index (χ3v) is 16.0. The van der Waals surface area contributed by atoms with Crippen LogP contribution in [0.1, 0.15) is 156 Å². The second-order valence-electron chi connectivity index (χ2n) is 25.0. The van der Waals surface area contributed by atoms with Crippen molar-refractivity contribution in [2.75, 3.05) is 55.9 Å². The highest BCUT2D eigenvalue weighted by Gasteiger charge is 2.45. The van der Waals surface area contributed by atoms with E-state index < -0.39 is 138 Å². The Bertz CT molecular complexity index is 2260. The standard InChI is InChI=1S/C61H111N11O12/c1-25-28-29-39(13)51(74)50(55(78)65-44(27-3)58(81)66(18)33-47(73)70(22)49(52(62)75)38(12)26-2)72(24)61(84)48(37(10)11)71(23)60(83)46(32-36(8)9)69(21)59(82)45(31-35(6)7)68(20)57(80)42(16)64-53(76)41(15)63-54(77)43(17)67(19)56(79)40(14)30-34(4)5/h25,28,34-46,48-51,74H,26-27,29-33H2,1-24H3,(H2,62,75)(H,63,77)(H,64,76)(H,65,78)/b28-25+/t38?,39-,40-,41-,42+,43+,44-,45-,46-,48+,49+,50?,51+/m1/s1. The van der Waals surface area contributed by atoms with E-state index in [1.165, 1.54) is 87.7 Å². The summed E-state index contributed by atoms with van der Waals surface area (Å²) in [5.74, 6) is -8.54. The van der Waals surface area contributed by atoms with Crippen molar-refractivity contribution in [3.63, 3.8) is 0 Å². The summed E-state index contributed by atoms with van der Waals surface area (Å²) in [6.07, 6.45) is 3.97. The number of likely N-dealkylation sites (N-methyl/N-ethyl adjacent to an activating group) is 7. The van der Waals surface area contributed by atoms with Crippen molar-refractivity contribution in [1.82, 2.24) is 50.2 Å². The maximum atomic E-state index is 15.1. The number of nitrogens with zero attached hydrogens (tertiary/aromatic N) is 7. The number of rotatable bonds is 35. The van der Waals surface area contributed by atoms with Gasteiger partial charge in [-0.2, -0.15) is 0 Å². The molecule has 0 spiro atoms. The molecule has 6 N–H and O–H groups in total. The van der Waals surface area contributed by atoms with Gasteiger partial charge in [-0.15, -0.1) is 0 Å². The molecular weight excluding hydrogens is 1080 g/mol. The summed E-state index contributed by atoms with van der Waals surface area (Å²) in [5, 5.41) is 20.0. The molecule has 0 fully saturated rings. The Labute approximate surface area is 503 Å². The molecule has 0 saturated carbocycles. The fraction of sp³-hybridized carbons (Fsp3) is 0.787. The Morgan fingerprint density at radius 1 is 0.476 bits per heavy atom. The average molecular weight is 1190 g/mol. The molecule has 13 atom stereocenters. The molecule has 23 heteroatoms. The molecule has 23 nitrogen and oxygen atoms in total. The van der Waals surface area contributed by atoms with Crippen LogP contribution in [-0.2, 0) is 52.7 Å². The van der Waals surface area contributed by atoms with E-state index in [4.69, 9.17) is 5.73 Å². The number of carbonyl (C=O) groups excluding carboxylic acids is 11. The second-order valence-corrected chi connectivity index (χ2v) is 25.0. The van der Waals surface area contributed by atoms with Crippen LogP contribution in [-0.4, -0.2) is 221 Å². The molecule has 482 valence electrons. The smallest absolute Gasteiger partial charge is 0.246 e. The summed E-state index contributed by atoms with van der Waals surface area (Å²) in [5.41, 5.74) is 5.65. The number of hydrogen-bond acceptors (Lipinski definition) is 12. The van der Waals surface area contributed by atoms with Crippen LogP contribution in [0.4, 0.5) is 0 Å². The van der Waals surface area contributed by atoms with Gasteiger partial charge in [0.1, 0.15) is 54.4 Å². The van der Waals surface area contributed by atoms with E-state index in [2.05, 4.69) is 16.0 Å². The summed E-state index contributed by atoms with van der Waals surface area (Å²) in [6, 6.07) is -10.5. The van der Waals surface area contributed by atoms with E-state index in [0.717, 1.165) is 9.80 Å². The minimum absolute atomic E-state index is 0.0548. The Morgan fingerprint density at radius 3 is 1.38 bits per heavy atom. The number of nitrogens with two attached hydrogens (primary N) is 1. The largest absolute Gasteiger partial charge is 0.390 e. The maximum absolute atomic E-state index is 15.1. The van der Waals surface area contributed by atoms with Crippen LogP contribution in [0.5, 0.6) is 0 Å². The lowest BCUT2D eigenvalue weighted by Crippen LogP contribution is -2.63. The summed E-state index contributed by atoms with van der Waals surface area (Å²) in [4.78, 5) is 162. The molecule has 0 aliphatic heterocycles. The first-order valence-corrected chi connectivity index (χ1v) is 30.0. The first-order chi connectivity index (χ1) is 38.7. The van der Waals surface area contributed by atoms with Gasteiger partial charge >= 0.3 is 0 Å². The highest BCUT2D eigenvalue weighted by molar-refractivity contribution is 5.98. The number of aliphatic hydroxyl groups excluding tert-OH is 1. The molecule has 0 radical (unpaired) electrons. The molecule has 84 heavy (non-hydrogen) atoms. The van der Waals surface area contributed by atoms with Gasteiger partial charge in [-0.25, -0.2) is 0 Å². The minimum atomic E-state index is -1.60. The third-order valence-electron chi connectivity index (χ3n) is 16.0. The number of hydrogen-bond donors (Lipinski definition) is 5. The predicted molar refractivity (Wildman–Crippen MR) is 326 cm³/mol. The molecule has 0 rings (SSSR count). The zero-order chi connectivity index (χ0) is 65.7. The Hall–Kier alpha value is -6.13. The van der Waals surface area contributed by atoms with Gasteiger partial charge in [0.2, 0.25) is 65.0 Å². The molecular formula is C61H111N11O12. The molecule has 0 saturated heterocycles. The first-order valence-electron chi connectivity index (χ1n) is 30.0. The van der Waals surface area contributed by atoms with E-state index in [1.54, 1.807) is 67.5 Å². The van der Waals surface area contributed by atoms with Gasteiger partial charge < -0.3 is 61.1 Å². The molecule has 0 bridgehead atoms. The van der Waals surface area contributed by atoms with Gasteiger partial charge in [-0.3, -0.25) is 52.7 Å². The molecule has 0 aliphatic rings. The molecule has 0 aromatic rings. The maximum Gasteiger partial charge on any atom is 0.246 e. The Kier molecular flexibility index (Phi) is 33.4. The van der Waals surface area contributed by atoms with Crippen LogP contribution in [0.25, 0.3) is 0 Å². The minimum Gasteiger partial charge on any atom is -0.390 e. The normalized spacial score (nSPS) is 16.3. The van der Waals surface area contributed by atoms with Gasteiger partial charge in [0.05, 0.1) is 12.6 Å². The van der Waals surface area contributed by atoms with E-state index >= 15 is 9.59 Å². The summed E-state index contributed by atoms with van der Waals surface area (Å²) >= 11 is 0. The lowest BCUT2D eigenvalue weighted by molar-refractivity contribution is -0.157. The molecule has 0 aromatic heterocycles. The van der Waals surface area contributed by atoms with Crippen molar-refractivity contribution in [2.45, 2.75) is 217 Å². The predicted octanol–water partition coefficient (Wildman–Crippen LogP) is 3.26. The van der Waals surface area contributed by atoms with Gasteiger partial charge in [0.25, 0.3) is 0 Å². The van der Waals surface area contributed by atoms with Crippen LogP contribution < -0.4 is 21.7 Å². The van der Waals surface area contributed by atoms with Crippen LogP contribution in [0.15, 0.2) is 12.2 Å². The summed E-state index contributed by atoms with van der Waals surface area (Å²) < 4.78 is 0. The van der Waals surface area contributed by atoms with E-state index in [0.29, 0.717) is 19.3 Å². The van der Waals surface area contributed by atoms with E-state index in [-0.39, 0.29) is 54.8 Å². The zero-order valence-electron chi connectivity index (χ0n) is 55.6. The van der Waals surface area contributed by atoms with Crippen molar-refractivity contribution in [2.24, 2.45) is 47.2 Å². The van der Waals surface area contributed by atoms with Crippen molar-refractivity contribution >= 4 is 65.0 Å². The lowest BCUT2D eigenvalue weighted by atomic mass is 9.91. The number of aliphatic hydroxyl groups is 1. The first kappa shape index (κ1) is 77.9. The van der Waals surface area contributed by atoms with Gasteiger partial charge in [-0.1, -0.05) is 109 Å². The van der Waals surface area contributed by atoms with Crippen LogP contribution >= 0.6 is 0 Å². The van der Waals surface area contributed by atoms with Crippen molar-refractivity contribution in [3.8, 4) is 0 Å². The number of nitrogens with one attached hydrogen (secondary N) is 3. The topological polar surface area (TPSA) is 293 Å². The van der Waals surface area contributed by atoms with Crippen molar-refractivity contribution < 1.29 is 57.8 Å². The average Bonchev–Trinajstić information content (AvgIpc) is 3.28. The lowest BCUT2D eigenvalue weighted by Gasteiger charge is -2.41. The fourth-order valence-electron chi connectivity index (χ4n) is 10.4. The molecule has 0 heterocycles. The van der Waals surface area contributed by atoms with E-state index in [9.17, 15) is 48.3 Å². The molecule has 11 amide bonds. The van der Waals surface area contributed by atoms with Crippen LogP contribution in [0, 0.1) is 41.4 Å².